The van der Waals surface area contributed by atoms with E-state index in [1.165, 1.54) is 6.08 Å². The maximum Gasteiger partial charge on any atom is 0.250 e. The van der Waals surface area contributed by atoms with Gasteiger partial charge in [0.05, 0.1) is 23.0 Å². The summed E-state index contributed by atoms with van der Waals surface area (Å²) in [6, 6.07) is 23.2. The van der Waals surface area contributed by atoms with Crippen molar-refractivity contribution >= 4 is 56.6 Å². The molecule has 154 valence electrons. The minimum atomic E-state index is -0.314. The number of thiazole rings is 1. The van der Waals surface area contributed by atoms with Gasteiger partial charge >= 0.3 is 0 Å². The Kier molecular flexibility index (Phi) is 6.35. The molecule has 4 aromatic rings. The Labute approximate surface area is 189 Å². The lowest BCUT2D eigenvalue weighted by atomic mass is 10.2. The van der Waals surface area contributed by atoms with Crippen molar-refractivity contribution in [2.24, 2.45) is 0 Å². The number of thiocarbonyl (C=S) groups is 1. The molecular weight excluding hydrogens is 426 g/mol. The van der Waals surface area contributed by atoms with Crippen LogP contribution in [-0.2, 0) is 4.79 Å². The Hall–Kier alpha value is -3.55. The lowest BCUT2D eigenvalue weighted by molar-refractivity contribution is -0.115. The van der Waals surface area contributed by atoms with E-state index < -0.39 is 0 Å². The van der Waals surface area contributed by atoms with E-state index in [4.69, 9.17) is 21.9 Å². The van der Waals surface area contributed by atoms with Gasteiger partial charge in [0.15, 0.2) is 5.11 Å². The minimum absolute atomic E-state index is 0.220. The summed E-state index contributed by atoms with van der Waals surface area (Å²) in [5, 5.41) is 6.90. The first-order valence-corrected chi connectivity index (χ1v) is 10.7. The second kappa shape index (κ2) is 9.51. The number of methoxy groups -OCH3 is 1. The number of hydrogen-bond donors (Lipinski definition) is 2. The summed E-state index contributed by atoms with van der Waals surface area (Å²) in [6.07, 6.45) is 3.15. The van der Waals surface area contributed by atoms with Crippen LogP contribution in [0, 0.1) is 0 Å². The third kappa shape index (κ3) is 5.14. The van der Waals surface area contributed by atoms with Gasteiger partial charge < -0.3 is 10.1 Å². The van der Waals surface area contributed by atoms with E-state index in [1.54, 1.807) is 24.5 Å². The molecule has 1 heterocycles. The smallest absolute Gasteiger partial charge is 0.250 e. The van der Waals surface area contributed by atoms with Gasteiger partial charge in [-0.15, -0.1) is 11.3 Å². The molecule has 0 aliphatic carbocycles. The normalized spacial score (nSPS) is 10.9. The van der Waals surface area contributed by atoms with Crippen molar-refractivity contribution in [2.75, 3.05) is 12.4 Å². The van der Waals surface area contributed by atoms with Crippen LogP contribution in [0.3, 0.4) is 0 Å². The Morgan fingerprint density at radius 3 is 2.55 bits per heavy atom. The average Bonchev–Trinajstić information content (AvgIpc) is 3.22. The van der Waals surface area contributed by atoms with Crippen LogP contribution >= 0.6 is 23.6 Å². The molecule has 1 amide bonds. The van der Waals surface area contributed by atoms with Crippen molar-refractivity contribution in [2.45, 2.75) is 0 Å². The first kappa shape index (κ1) is 20.7. The van der Waals surface area contributed by atoms with Crippen molar-refractivity contribution in [3.63, 3.8) is 0 Å². The van der Waals surface area contributed by atoms with Crippen LogP contribution in [0.5, 0.6) is 5.75 Å². The van der Waals surface area contributed by atoms with E-state index in [0.717, 1.165) is 37.8 Å². The minimum Gasteiger partial charge on any atom is -0.497 e. The zero-order valence-corrected chi connectivity index (χ0v) is 18.3. The highest BCUT2D eigenvalue weighted by Gasteiger charge is 2.11. The molecule has 0 radical (unpaired) electrons. The number of nitrogens with zero attached hydrogens (tertiary/aromatic N) is 1. The van der Waals surface area contributed by atoms with E-state index in [1.807, 2.05) is 72.8 Å². The number of carbonyl (C=O) groups excluding carboxylic acids is 1. The molecule has 0 saturated heterocycles. The van der Waals surface area contributed by atoms with Gasteiger partial charge in [0.1, 0.15) is 10.8 Å². The lowest BCUT2D eigenvalue weighted by Crippen LogP contribution is -2.32. The predicted octanol–water partition coefficient (Wildman–Crippen LogP) is 5.50. The standard InChI is InChI=1S/C24H19N3O2S2/c1-29-17-13-10-16(11-14-17)12-15-22(28)27-24(30)26-19-7-3-2-6-18(19)23-25-20-8-4-5-9-21(20)31-23/h2-15H,1H3,(H2,26,27,28,30)/b15-12+. The second-order valence-electron chi connectivity index (χ2n) is 6.58. The van der Waals surface area contributed by atoms with Crippen LogP contribution in [-0.4, -0.2) is 23.1 Å². The Morgan fingerprint density at radius 1 is 1.03 bits per heavy atom. The Morgan fingerprint density at radius 2 is 1.77 bits per heavy atom. The molecule has 0 saturated carbocycles. The van der Waals surface area contributed by atoms with Crippen LogP contribution in [0.4, 0.5) is 5.69 Å². The molecule has 2 N–H and O–H groups in total. The first-order valence-electron chi connectivity index (χ1n) is 9.51. The predicted molar refractivity (Wildman–Crippen MR) is 131 cm³/mol. The highest BCUT2D eigenvalue weighted by molar-refractivity contribution is 7.80. The molecule has 0 aliphatic heterocycles. The Bertz CT molecular complexity index is 1230. The van der Waals surface area contributed by atoms with Gasteiger partial charge in [-0.3, -0.25) is 10.1 Å². The maximum absolute atomic E-state index is 12.3. The fraction of sp³-hybridized carbons (Fsp3) is 0.0417. The number of hydrogen-bond acceptors (Lipinski definition) is 5. The number of anilines is 1. The molecule has 0 fully saturated rings. The molecule has 0 bridgehead atoms. The van der Waals surface area contributed by atoms with Crippen molar-refractivity contribution in [3.8, 4) is 16.3 Å². The van der Waals surface area contributed by atoms with E-state index >= 15 is 0 Å². The Balaban J connectivity index is 1.44. The number of carbonyl (C=O) groups is 1. The van der Waals surface area contributed by atoms with Gasteiger partial charge in [-0.1, -0.05) is 36.4 Å². The molecule has 0 atom stereocenters. The summed E-state index contributed by atoms with van der Waals surface area (Å²) < 4.78 is 6.25. The molecule has 5 nitrogen and oxygen atoms in total. The number of para-hydroxylation sites is 2. The third-order valence-electron chi connectivity index (χ3n) is 4.48. The summed E-state index contributed by atoms with van der Waals surface area (Å²) in [5.41, 5.74) is 3.55. The van der Waals surface area contributed by atoms with Crippen LogP contribution in [0.25, 0.3) is 26.9 Å². The summed E-state index contributed by atoms with van der Waals surface area (Å²) in [7, 11) is 1.61. The summed E-state index contributed by atoms with van der Waals surface area (Å²) in [6.45, 7) is 0. The van der Waals surface area contributed by atoms with E-state index in [-0.39, 0.29) is 11.0 Å². The van der Waals surface area contributed by atoms with Gasteiger partial charge in [0.2, 0.25) is 5.91 Å². The fourth-order valence-electron chi connectivity index (χ4n) is 2.96. The van der Waals surface area contributed by atoms with Gasteiger partial charge in [-0.2, -0.15) is 0 Å². The zero-order chi connectivity index (χ0) is 21.6. The van der Waals surface area contributed by atoms with Gasteiger partial charge in [-0.05, 0) is 60.3 Å². The number of fused-ring (bicyclic) bond motifs is 1. The van der Waals surface area contributed by atoms with Gasteiger partial charge in [0, 0.05) is 11.6 Å². The highest BCUT2D eigenvalue weighted by atomic mass is 32.1. The molecule has 0 aliphatic rings. The number of nitrogens with one attached hydrogen (secondary N) is 2. The SMILES string of the molecule is COc1ccc(/C=C/C(=O)NC(=S)Nc2ccccc2-c2nc3ccccc3s2)cc1. The highest BCUT2D eigenvalue weighted by Crippen LogP contribution is 2.34. The number of benzene rings is 3. The molecule has 0 unspecified atom stereocenters. The molecule has 31 heavy (non-hydrogen) atoms. The lowest BCUT2D eigenvalue weighted by Gasteiger charge is -2.11. The summed E-state index contributed by atoms with van der Waals surface area (Å²) in [5.74, 6) is 0.449. The van der Waals surface area contributed by atoms with E-state index in [2.05, 4.69) is 10.6 Å². The maximum atomic E-state index is 12.3. The molecule has 4 rings (SSSR count). The monoisotopic (exact) mass is 445 g/mol. The van der Waals surface area contributed by atoms with E-state index in [0.29, 0.717) is 0 Å². The molecular formula is C24H19N3O2S2. The van der Waals surface area contributed by atoms with Crippen LogP contribution < -0.4 is 15.4 Å². The van der Waals surface area contributed by atoms with Gasteiger partial charge in [-0.25, -0.2) is 4.98 Å². The summed E-state index contributed by atoms with van der Waals surface area (Å²) >= 11 is 6.95. The number of amides is 1. The fourth-order valence-corrected chi connectivity index (χ4v) is 4.18. The van der Waals surface area contributed by atoms with Crippen molar-refractivity contribution in [3.05, 3.63) is 84.4 Å². The number of rotatable bonds is 5. The zero-order valence-electron chi connectivity index (χ0n) is 16.7. The third-order valence-corrected chi connectivity index (χ3v) is 5.75. The average molecular weight is 446 g/mol. The number of aromatic nitrogens is 1. The second-order valence-corrected chi connectivity index (χ2v) is 8.02. The molecule has 1 aromatic heterocycles. The van der Waals surface area contributed by atoms with E-state index in [9.17, 15) is 4.79 Å². The van der Waals surface area contributed by atoms with Crippen LogP contribution in [0.1, 0.15) is 5.56 Å². The van der Waals surface area contributed by atoms with Crippen molar-refractivity contribution in [1.29, 1.82) is 0 Å². The van der Waals surface area contributed by atoms with Crippen LogP contribution in [0.15, 0.2) is 78.9 Å². The van der Waals surface area contributed by atoms with Crippen molar-refractivity contribution in [1.82, 2.24) is 10.3 Å². The number of ether oxygens (including phenoxy) is 1. The topological polar surface area (TPSA) is 63.2 Å². The van der Waals surface area contributed by atoms with Gasteiger partial charge in [0.25, 0.3) is 0 Å². The molecule has 3 aromatic carbocycles. The quantitative estimate of drug-likeness (QED) is 0.314. The van der Waals surface area contributed by atoms with Crippen LogP contribution in [0.2, 0.25) is 0 Å². The first-order chi connectivity index (χ1) is 15.1. The summed E-state index contributed by atoms with van der Waals surface area (Å²) in [4.78, 5) is 17.0. The largest absolute Gasteiger partial charge is 0.497 e. The molecule has 0 spiro atoms. The van der Waals surface area contributed by atoms with Crippen molar-refractivity contribution < 1.29 is 9.53 Å². The molecule has 7 heteroatoms.